The number of hydrogen-bond acceptors (Lipinski definition) is 0. The summed E-state index contributed by atoms with van der Waals surface area (Å²) >= 11 is 0. The summed E-state index contributed by atoms with van der Waals surface area (Å²) in [5.41, 5.74) is 19.1. The Balaban J connectivity index is 0.000000147. The summed E-state index contributed by atoms with van der Waals surface area (Å²) in [6, 6.07) is 90.9. The van der Waals surface area contributed by atoms with E-state index in [0.29, 0.717) is 0 Å². The van der Waals surface area contributed by atoms with E-state index < -0.39 is 0 Å². The molecule has 0 heterocycles. The van der Waals surface area contributed by atoms with Crippen LogP contribution in [0.15, 0.2) is 255 Å². The maximum absolute atomic E-state index is 2.30. The average molecular weight is 967 g/mol. The molecule has 0 aliphatic heterocycles. The summed E-state index contributed by atoms with van der Waals surface area (Å²) in [6.07, 6.45) is 0. The fraction of sp³-hybridized carbons (Fsp3) is 0.216. The van der Waals surface area contributed by atoms with Crippen molar-refractivity contribution in [2.75, 3.05) is 0 Å². The van der Waals surface area contributed by atoms with E-state index in [0.717, 1.165) is 0 Å². The summed E-state index contributed by atoms with van der Waals surface area (Å²) < 4.78 is 0. The number of benzene rings is 10. The van der Waals surface area contributed by atoms with Gasteiger partial charge in [0.15, 0.2) is 0 Å². The van der Waals surface area contributed by atoms with E-state index in [1.54, 1.807) is 0 Å². The predicted molar refractivity (Wildman–Crippen MR) is 325 cm³/mol. The normalized spacial score (nSPS) is 11.5. The molecule has 0 aromatic heterocycles. The predicted octanol–water partition coefficient (Wildman–Crippen LogP) is 21.4. The SMILES string of the molecule is CC(C)(C)c1ccc(-c2ccc(-c3ccccc3)cc2)cc1.CC(C)(C)c1ccc2ccccc2c1.CC(C)(C)c1cccc(-c2ccc(-c3ccccc3)cc2)c1.CC(C)(C)c1cccc(-c2ccccc2)c1. The van der Waals surface area contributed by atoms with Gasteiger partial charge in [-0.3, -0.25) is 0 Å². The van der Waals surface area contributed by atoms with Crippen molar-refractivity contribution in [3.63, 3.8) is 0 Å². The highest BCUT2D eigenvalue weighted by Gasteiger charge is 2.17. The zero-order chi connectivity index (χ0) is 52.9. The van der Waals surface area contributed by atoms with Gasteiger partial charge in [-0.05, 0) is 110 Å². The second kappa shape index (κ2) is 24.0. The molecule has 0 atom stereocenters. The first-order valence-electron chi connectivity index (χ1n) is 26.4. The minimum Gasteiger partial charge on any atom is -0.0622 e. The van der Waals surface area contributed by atoms with Gasteiger partial charge in [-0.2, -0.15) is 0 Å². The Morgan fingerprint density at radius 3 is 0.757 bits per heavy atom. The van der Waals surface area contributed by atoms with Crippen LogP contribution in [0.2, 0.25) is 0 Å². The second-order valence-electron chi connectivity index (χ2n) is 23.6. The fourth-order valence-corrected chi connectivity index (χ4v) is 8.75. The lowest BCUT2D eigenvalue weighted by Crippen LogP contribution is -2.10. The first kappa shape index (κ1) is 54.2. The van der Waals surface area contributed by atoms with Crippen LogP contribution >= 0.6 is 0 Å². The van der Waals surface area contributed by atoms with E-state index in [1.165, 1.54) is 88.7 Å². The molecule has 0 amide bonds. The molecule has 0 fully saturated rings. The van der Waals surface area contributed by atoms with Crippen LogP contribution in [0.1, 0.15) is 105 Å². The summed E-state index contributed by atoms with van der Waals surface area (Å²) in [7, 11) is 0. The molecule has 0 radical (unpaired) electrons. The molecule has 74 heavy (non-hydrogen) atoms. The van der Waals surface area contributed by atoms with E-state index in [1.807, 2.05) is 0 Å². The first-order valence-corrected chi connectivity index (χ1v) is 26.4. The molecule has 374 valence electrons. The molecule has 0 saturated carbocycles. The zero-order valence-electron chi connectivity index (χ0n) is 46.2. The molecule has 10 aromatic carbocycles. The monoisotopic (exact) mass is 967 g/mol. The Bertz CT molecular complexity index is 3280. The van der Waals surface area contributed by atoms with Gasteiger partial charge in [0, 0.05) is 0 Å². The Kier molecular flexibility index (Phi) is 17.6. The quantitative estimate of drug-likeness (QED) is 0.161. The van der Waals surface area contributed by atoms with Gasteiger partial charge in [0.2, 0.25) is 0 Å². The van der Waals surface area contributed by atoms with Crippen molar-refractivity contribution in [1.82, 2.24) is 0 Å². The smallest absolute Gasteiger partial charge is 0.0132 e. The van der Waals surface area contributed by atoms with Crippen molar-refractivity contribution in [1.29, 1.82) is 0 Å². The van der Waals surface area contributed by atoms with Gasteiger partial charge in [0.05, 0.1) is 0 Å². The van der Waals surface area contributed by atoms with Crippen LogP contribution < -0.4 is 0 Å². The Labute approximate surface area is 445 Å². The summed E-state index contributed by atoms with van der Waals surface area (Å²) in [5.74, 6) is 0. The number of fused-ring (bicyclic) bond motifs is 1. The van der Waals surface area contributed by atoms with Crippen LogP contribution in [-0.4, -0.2) is 0 Å². The van der Waals surface area contributed by atoms with Gasteiger partial charge >= 0.3 is 0 Å². The van der Waals surface area contributed by atoms with Gasteiger partial charge < -0.3 is 0 Å². The standard InChI is InChI=1S/2C22H22.C16H18.C14H16/c1-22(2,3)21-11-7-10-20(16-21)19-14-12-18(13-15-19)17-8-5-4-6-9-17;1-22(2,3)21-15-13-20(14-16-21)19-11-9-18(10-12-19)17-7-5-4-6-8-17;1-16(2,3)15-11-7-10-14(12-15)13-8-5-4-6-9-13;1-14(2,3)13-9-8-11-6-4-5-7-12(11)10-13/h2*4-16H,1-3H3;4-12H,1-3H3;4-10H,1-3H3. The molecule has 0 spiro atoms. The molecular weight excluding hydrogens is 889 g/mol. The molecule has 10 rings (SSSR count). The van der Waals surface area contributed by atoms with Crippen LogP contribution in [0.25, 0.3) is 66.4 Å². The molecule has 0 aliphatic rings. The van der Waals surface area contributed by atoms with Crippen molar-refractivity contribution in [2.45, 2.75) is 105 Å². The molecule has 0 unspecified atom stereocenters. The van der Waals surface area contributed by atoms with Crippen LogP contribution in [-0.2, 0) is 21.7 Å². The maximum Gasteiger partial charge on any atom is -0.0132 e. The van der Waals surface area contributed by atoms with Gasteiger partial charge in [-0.1, -0.05) is 338 Å². The van der Waals surface area contributed by atoms with E-state index >= 15 is 0 Å². The van der Waals surface area contributed by atoms with Gasteiger partial charge in [-0.25, -0.2) is 0 Å². The van der Waals surface area contributed by atoms with Crippen molar-refractivity contribution >= 4 is 10.8 Å². The molecule has 10 aromatic rings. The largest absolute Gasteiger partial charge is 0.0622 e. The maximum atomic E-state index is 2.30. The van der Waals surface area contributed by atoms with Crippen molar-refractivity contribution in [2.24, 2.45) is 0 Å². The molecular formula is C74H78. The molecule has 0 bridgehead atoms. The molecule has 0 saturated heterocycles. The van der Waals surface area contributed by atoms with Crippen LogP contribution in [0.5, 0.6) is 0 Å². The van der Waals surface area contributed by atoms with Crippen LogP contribution in [0, 0.1) is 0 Å². The van der Waals surface area contributed by atoms with Gasteiger partial charge in [-0.15, -0.1) is 0 Å². The molecule has 0 nitrogen and oxygen atoms in total. The van der Waals surface area contributed by atoms with E-state index in [-0.39, 0.29) is 21.7 Å². The molecule has 0 aliphatic carbocycles. The van der Waals surface area contributed by atoms with E-state index in [4.69, 9.17) is 0 Å². The lowest BCUT2D eigenvalue weighted by molar-refractivity contribution is 0.590. The zero-order valence-corrected chi connectivity index (χ0v) is 46.2. The molecule has 0 heteroatoms. The fourth-order valence-electron chi connectivity index (χ4n) is 8.75. The van der Waals surface area contributed by atoms with Gasteiger partial charge in [0.25, 0.3) is 0 Å². The highest BCUT2D eigenvalue weighted by Crippen LogP contribution is 2.32. The lowest BCUT2D eigenvalue weighted by atomic mass is 9.85. The van der Waals surface area contributed by atoms with Crippen molar-refractivity contribution in [3.05, 3.63) is 277 Å². The highest BCUT2D eigenvalue weighted by atomic mass is 14.2. The Hall–Kier alpha value is -7.54. The third-order valence-electron chi connectivity index (χ3n) is 13.6. The lowest BCUT2D eigenvalue weighted by Gasteiger charge is -2.19. The van der Waals surface area contributed by atoms with Crippen molar-refractivity contribution < 1.29 is 0 Å². The Morgan fingerprint density at radius 2 is 0.405 bits per heavy atom. The summed E-state index contributed by atoms with van der Waals surface area (Å²) in [5, 5.41) is 2.65. The Morgan fingerprint density at radius 1 is 0.162 bits per heavy atom. The first-order chi connectivity index (χ1) is 35.2. The van der Waals surface area contributed by atoms with Crippen LogP contribution in [0.4, 0.5) is 0 Å². The van der Waals surface area contributed by atoms with Gasteiger partial charge in [0.1, 0.15) is 0 Å². The number of rotatable bonds is 5. The minimum absolute atomic E-state index is 0.181. The second-order valence-corrected chi connectivity index (χ2v) is 23.6. The van der Waals surface area contributed by atoms with E-state index in [9.17, 15) is 0 Å². The topological polar surface area (TPSA) is 0 Å². The van der Waals surface area contributed by atoms with E-state index in [2.05, 4.69) is 338 Å². The third kappa shape index (κ3) is 15.3. The van der Waals surface area contributed by atoms with Crippen LogP contribution in [0.3, 0.4) is 0 Å². The summed E-state index contributed by atoms with van der Waals surface area (Å²) in [4.78, 5) is 0. The van der Waals surface area contributed by atoms with Crippen molar-refractivity contribution in [3.8, 4) is 55.6 Å². The number of hydrogen-bond donors (Lipinski definition) is 0. The minimum atomic E-state index is 0.181. The molecule has 0 N–H and O–H groups in total. The highest BCUT2D eigenvalue weighted by molar-refractivity contribution is 5.83. The summed E-state index contributed by atoms with van der Waals surface area (Å²) in [6.45, 7) is 27.0. The third-order valence-corrected chi connectivity index (χ3v) is 13.6. The average Bonchev–Trinajstić information content (AvgIpc) is 3.41.